The van der Waals surface area contributed by atoms with Crippen molar-refractivity contribution < 1.29 is 4.42 Å². The first kappa shape index (κ1) is 12.9. The van der Waals surface area contributed by atoms with Crippen LogP contribution in [0.4, 0.5) is 0 Å². The molecule has 0 saturated heterocycles. The molecule has 0 radical (unpaired) electrons. The average Bonchev–Trinajstić information content (AvgIpc) is 2.80. The predicted octanol–water partition coefficient (Wildman–Crippen LogP) is 3.77. The Hall–Kier alpha value is -2.13. The van der Waals surface area contributed by atoms with Gasteiger partial charge in [0.15, 0.2) is 5.58 Å². The van der Waals surface area contributed by atoms with Crippen LogP contribution in [0.5, 0.6) is 0 Å². The first-order valence-corrected chi connectivity index (χ1v) is 6.79. The van der Waals surface area contributed by atoms with Gasteiger partial charge in [0.05, 0.1) is 6.54 Å². The molecule has 0 bridgehead atoms. The van der Waals surface area contributed by atoms with E-state index in [-0.39, 0.29) is 0 Å². The lowest BCUT2D eigenvalue weighted by atomic mass is 10.1. The monoisotopic (exact) mass is 266 g/mol. The van der Waals surface area contributed by atoms with E-state index >= 15 is 0 Å². The maximum Gasteiger partial charge on any atom is 0.209 e. The first-order chi connectivity index (χ1) is 9.70. The summed E-state index contributed by atoms with van der Waals surface area (Å²) >= 11 is 0. The molecule has 0 aliphatic rings. The highest BCUT2D eigenvalue weighted by Gasteiger charge is 2.08. The molecule has 20 heavy (non-hydrogen) atoms. The third-order valence-corrected chi connectivity index (χ3v) is 3.28. The van der Waals surface area contributed by atoms with E-state index in [1.165, 1.54) is 11.1 Å². The van der Waals surface area contributed by atoms with Crippen molar-refractivity contribution in [1.82, 2.24) is 9.88 Å². The number of oxazole rings is 1. The standard InChI is InChI=1S/C17H18N2O/c1-13-6-5-7-14(10-13)11-19(2)12-17-18-15-8-3-4-9-16(15)20-17/h3-10H,11-12H2,1-2H3. The summed E-state index contributed by atoms with van der Waals surface area (Å²) in [5, 5.41) is 0. The van der Waals surface area contributed by atoms with Crippen LogP contribution in [0, 0.1) is 6.92 Å². The van der Waals surface area contributed by atoms with Gasteiger partial charge in [-0.15, -0.1) is 0 Å². The zero-order chi connectivity index (χ0) is 13.9. The third-order valence-electron chi connectivity index (χ3n) is 3.28. The molecular weight excluding hydrogens is 248 g/mol. The Kier molecular flexibility index (Phi) is 3.52. The molecule has 0 amide bonds. The van der Waals surface area contributed by atoms with E-state index in [0.717, 1.165) is 23.5 Å². The zero-order valence-corrected chi connectivity index (χ0v) is 11.8. The van der Waals surface area contributed by atoms with E-state index in [4.69, 9.17) is 4.42 Å². The van der Waals surface area contributed by atoms with Gasteiger partial charge in [0.2, 0.25) is 5.89 Å². The number of hydrogen-bond acceptors (Lipinski definition) is 3. The van der Waals surface area contributed by atoms with E-state index in [9.17, 15) is 0 Å². The Bertz CT molecular complexity index is 685. The molecule has 0 fully saturated rings. The fourth-order valence-electron chi connectivity index (χ4n) is 2.40. The molecule has 0 atom stereocenters. The minimum absolute atomic E-state index is 0.711. The van der Waals surface area contributed by atoms with Gasteiger partial charge in [0.1, 0.15) is 5.52 Å². The normalized spacial score (nSPS) is 11.3. The Labute approximate surface area is 118 Å². The zero-order valence-electron chi connectivity index (χ0n) is 11.8. The molecule has 0 aliphatic heterocycles. The molecule has 3 heteroatoms. The molecule has 1 aromatic heterocycles. The summed E-state index contributed by atoms with van der Waals surface area (Å²) < 4.78 is 5.75. The summed E-state index contributed by atoms with van der Waals surface area (Å²) in [6.07, 6.45) is 0. The maximum atomic E-state index is 5.75. The number of aryl methyl sites for hydroxylation is 1. The Morgan fingerprint density at radius 1 is 1.05 bits per heavy atom. The van der Waals surface area contributed by atoms with Crippen molar-refractivity contribution in [2.24, 2.45) is 0 Å². The first-order valence-electron chi connectivity index (χ1n) is 6.79. The minimum atomic E-state index is 0.711. The number of fused-ring (bicyclic) bond motifs is 1. The van der Waals surface area contributed by atoms with Gasteiger partial charge in [-0.2, -0.15) is 0 Å². The molecule has 0 aliphatic carbocycles. The van der Waals surface area contributed by atoms with E-state index < -0.39 is 0 Å². The Morgan fingerprint density at radius 3 is 2.70 bits per heavy atom. The van der Waals surface area contributed by atoms with E-state index in [1.807, 2.05) is 24.3 Å². The van der Waals surface area contributed by atoms with Gasteiger partial charge < -0.3 is 4.42 Å². The third kappa shape index (κ3) is 2.89. The molecule has 0 N–H and O–H groups in total. The van der Waals surface area contributed by atoms with Gasteiger partial charge in [-0.3, -0.25) is 4.90 Å². The molecule has 3 aromatic rings. The molecule has 2 aromatic carbocycles. The fraction of sp³-hybridized carbons (Fsp3) is 0.235. The number of rotatable bonds is 4. The molecule has 3 nitrogen and oxygen atoms in total. The lowest BCUT2D eigenvalue weighted by Crippen LogP contribution is -2.17. The van der Waals surface area contributed by atoms with Gasteiger partial charge in [0.25, 0.3) is 0 Å². The second-order valence-corrected chi connectivity index (χ2v) is 5.24. The van der Waals surface area contributed by atoms with E-state index in [0.29, 0.717) is 6.54 Å². The highest BCUT2D eigenvalue weighted by Crippen LogP contribution is 2.16. The summed E-state index contributed by atoms with van der Waals surface area (Å²) in [5.41, 5.74) is 4.37. The predicted molar refractivity (Wildman–Crippen MR) is 80.4 cm³/mol. The lowest BCUT2D eigenvalue weighted by Gasteiger charge is -2.14. The van der Waals surface area contributed by atoms with Crippen LogP contribution in [0.25, 0.3) is 11.1 Å². The molecule has 0 unspecified atom stereocenters. The molecule has 0 spiro atoms. The Balaban J connectivity index is 1.70. The van der Waals surface area contributed by atoms with Crippen molar-refractivity contribution in [1.29, 1.82) is 0 Å². The van der Waals surface area contributed by atoms with Crippen molar-refractivity contribution in [3.05, 3.63) is 65.5 Å². The summed E-state index contributed by atoms with van der Waals surface area (Å²) in [7, 11) is 2.08. The fourth-order valence-corrected chi connectivity index (χ4v) is 2.40. The summed E-state index contributed by atoms with van der Waals surface area (Å²) in [4.78, 5) is 6.71. The summed E-state index contributed by atoms with van der Waals surface area (Å²) in [6.45, 7) is 3.72. The Morgan fingerprint density at radius 2 is 1.90 bits per heavy atom. The second-order valence-electron chi connectivity index (χ2n) is 5.24. The second kappa shape index (κ2) is 5.47. The van der Waals surface area contributed by atoms with Gasteiger partial charge >= 0.3 is 0 Å². The smallest absolute Gasteiger partial charge is 0.209 e. The SMILES string of the molecule is Cc1cccc(CN(C)Cc2nc3ccccc3o2)c1. The van der Waals surface area contributed by atoms with Crippen LogP contribution in [-0.4, -0.2) is 16.9 Å². The molecule has 3 rings (SSSR count). The number of benzene rings is 2. The van der Waals surface area contributed by atoms with Crippen LogP contribution in [0.15, 0.2) is 52.9 Å². The molecular formula is C17H18N2O. The van der Waals surface area contributed by atoms with Crippen molar-refractivity contribution in [2.75, 3.05) is 7.05 Å². The highest BCUT2D eigenvalue weighted by molar-refractivity contribution is 5.72. The van der Waals surface area contributed by atoms with Crippen LogP contribution in [0.3, 0.4) is 0 Å². The van der Waals surface area contributed by atoms with E-state index in [1.54, 1.807) is 0 Å². The molecule has 1 heterocycles. The topological polar surface area (TPSA) is 29.3 Å². The van der Waals surface area contributed by atoms with Crippen LogP contribution in [-0.2, 0) is 13.1 Å². The molecule has 0 saturated carbocycles. The number of para-hydroxylation sites is 2. The lowest BCUT2D eigenvalue weighted by molar-refractivity contribution is 0.285. The van der Waals surface area contributed by atoms with Gasteiger partial charge in [-0.1, -0.05) is 42.0 Å². The average molecular weight is 266 g/mol. The molecule has 102 valence electrons. The van der Waals surface area contributed by atoms with Crippen LogP contribution in [0.2, 0.25) is 0 Å². The summed E-state index contributed by atoms with van der Waals surface area (Å²) in [6, 6.07) is 16.4. The van der Waals surface area contributed by atoms with Gasteiger partial charge in [-0.05, 0) is 31.7 Å². The van der Waals surface area contributed by atoms with Crippen molar-refractivity contribution in [3.8, 4) is 0 Å². The van der Waals surface area contributed by atoms with E-state index in [2.05, 4.69) is 48.1 Å². The maximum absolute atomic E-state index is 5.75. The van der Waals surface area contributed by atoms with Crippen LogP contribution < -0.4 is 0 Å². The van der Waals surface area contributed by atoms with Crippen molar-refractivity contribution >= 4 is 11.1 Å². The largest absolute Gasteiger partial charge is 0.439 e. The highest BCUT2D eigenvalue weighted by atomic mass is 16.3. The van der Waals surface area contributed by atoms with Gasteiger partial charge in [-0.25, -0.2) is 4.98 Å². The minimum Gasteiger partial charge on any atom is -0.439 e. The van der Waals surface area contributed by atoms with Crippen molar-refractivity contribution in [2.45, 2.75) is 20.0 Å². The van der Waals surface area contributed by atoms with Crippen LogP contribution >= 0.6 is 0 Å². The number of hydrogen-bond donors (Lipinski definition) is 0. The van der Waals surface area contributed by atoms with Crippen molar-refractivity contribution in [3.63, 3.8) is 0 Å². The number of aromatic nitrogens is 1. The van der Waals surface area contributed by atoms with Gasteiger partial charge in [0, 0.05) is 6.54 Å². The summed E-state index contributed by atoms with van der Waals surface area (Å²) in [5.74, 6) is 0.765. The quantitative estimate of drug-likeness (QED) is 0.720. The van der Waals surface area contributed by atoms with Crippen LogP contribution in [0.1, 0.15) is 17.0 Å². The number of nitrogens with zero attached hydrogens (tertiary/aromatic N) is 2.